The summed E-state index contributed by atoms with van der Waals surface area (Å²) in [5, 5.41) is 2.94. The lowest BCUT2D eigenvalue weighted by Crippen LogP contribution is -2.28. The van der Waals surface area contributed by atoms with Gasteiger partial charge in [-0.25, -0.2) is 4.99 Å². The summed E-state index contributed by atoms with van der Waals surface area (Å²) in [6.07, 6.45) is 1.98. The summed E-state index contributed by atoms with van der Waals surface area (Å²) in [6, 6.07) is 30.4. The number of amidine groups is 1. The molecular weight excluding hydrogens is 412 g/mol. The quantitative estimate of drug-likeness (QED) is 0.318. The molecule has 0 atom stereocenters. The number of anilines is 1. The van der Waals surface area contributed by atoms with E-state index in [9.17, 15) is 4.79 Å². The lowest BCUT2D eigenvalue weighted by molar-refractivity contribution is -0.113. The Morgan fingerprint density at radius 2 is 1.44 bits per heavy atom. The van der Waals surface area contributed by atoms with Crippen LogP contribution in [-0.4, -0.2) is 11.1 Å². The van der Waals surface area contributed by atoms with Gasteiger partial charge in [0.25, 0.3) is 5.91 Å². The van der Waals surface area contributed by atoms with Crippen molar-refractivity contribution in [2.24, 2.45) is 4.99 Å². The van der Waals surface area contributed by atoms with Crippen molar-refractivity contribution in [1.82, 2.24) is 0 Å². The Morgan fingerprint density at radius 1 is 0.781 bits per heavy atom. The van der Waals surface area contributed by atoms with E-state index in [0.29, 0.717) is 10.1 Å². The molecule has 1 aliphatic heterocycles. The van der Waals surface area contributed by atoms with Crippen molar-refractivity contribution in [2.75, 3.05) is 4.90 Å². The number of carbonyl (C=O) groups is 1. The van der Waals surface area contributed by atoms with Crippen molar-refractivity contribution in [2.45, 2.75) is 13.8 Å². The molecule has 1 aliphatic rings. The number of hydrogen-bond donors (Lipinski definition) is 0. The molecule has 156 valence electrons. The second-order valence-corrected chi connectivity index (χ2v) is 8.89. The highest BCUT2D eigenvalue weighted by Gasteiger charge is 2.34. The zero-order chi connectivity index (χ0) is 22.1. The molecule has 1 heterocycles. The lowest BCUT2D eigenvalue weighted by Gasteiger charge is -2.16. The Hall–Kier alpha value is -3.63. The number of fused-ring (bicyclic) bond motifs is 1. The SMILES string of the molecule is Cc1ccc(N=C2S/C(=C\c3cccc4ccccc34)C(=O)N2c2ccc(C)cc2)cc1. The van der Waals surface area contributed by atoms with Gasteiger partial charge in [-0.15, -0.1) is 0 Å². The monoisotopic (exact) mass is 434 g/mol. The van der Waals surface area contributed by atoms with Gasteiger partial charge >= 0.3 is 0 Å². The van der Waals surface area contributed by atoms with Crippen molar-refractivity contribution >= 4 is 51.1 Å². The molecule has 4 heteroatoms. The lowest BCUT2D eigenvalue weighted by atomic mass is 10.0. The first-order valence-corrected chi connectivity index (χ1v) is 11.3. The Labute approximate surface area is 192 Å². The summed E-state index contributed by atoms with van der Waals surface area (Å²) in [4.78, 5) is 20.7. The summed E-state index contributed by atoms with van der Waals surface area (Å²) >= 11 is 1.42. The molecule has 0 aliphatic carbocycles. The van der Waals surface area contributed by atoms with Gasteiger partial charge in [0.2, 0.25) is 0 Å². The number of hydrogen-bond acceptors (Lipinski definition) is 3. The molecule has 0 bridgehead atoms. The summed E-state index contributed by atoms with van der Waals surface area (Å²) < 4.78 is 0. The smallest absolute Gasteiger partial charge is 0.268 e. The van der Waals surface area contributed by atoms with Crippen molar-refractivity contribution in [1.29, 1.82) is 0 Å². The average Bonchev–Trinajstić information content (AvgIpc) is 3.11. The van der Waals surface area contributed by atoms with Gasteiger partial charge in [-0.1, -0.05) is 77.9 Å². The van der Waals surface area contributed by atoms with E-state index in [1.165, 1.54) is 17.3 Å². The third-order valence-corrected chi connectivity index (χ3v) is 6.44. The van der Waals surface area contributed by atoms with E-state index < -0.39 is 0 Å². The van der Waals surface area contributed by atoms with E-state index in [1.807, 2.05) is 86.7 Å². The minimum Gasteiger partial charge on any atom is -0.268 e. The topological polar surface area (TPSA) is 32.7 Å². The molecule has 5 rings (SSSR count). The van der Waals surface area contributed by atoms with Crippen LogP contribution in [0.3, 0.4) is 0 Å². The van der Waals surface area contributed by atoms with E-state index in [-0.39, 0.29) is 5.91 Å². The molecule has 0 radical (unpaired) electrons. The molecule has 1 saturated heterocycles. The molecule has 3 nitrogen and oxygen atoms in total. The second kappa shape index (κ2) is 8.48. The van der Waals surface area contributed by atoms with Gasteiger partial charge in [0.05, 0.1) is 16.3 Å². The van der Waals surface area contributed by atoms with Crippen LogP contribution in [0.2, 0.25) is 0 Å². The second-order valence-electron chi connectivity index (χ2n) is 7.89. The molecule has 1 fully saturated rings. The fourth-order valence-corrected chi connectivity index (χ4v) is 4.71. The number of carbonyl (C=O) groups excluding carboxylic acids is 1. The average molecular weight is 435 g/mol. The summed E-state index contributed by atoms with van der Waals surface area (Å²) in [6.45, 7) is 4.09. The van der Waals surface area contributed by atoms with E-state index >= 15 is 0 Å². The summed E-state index contributed by atoms with van der Waals surface area (Å²) in [7, 11) is 0. The van der Waals surface area contributed by atoms with Crippen LogP contribution in [0.1, 0.15) is 16.7 Å². The Bertz CT molecular complexity index is 1360. The van der Waals surface area contributed by atoms with Gasteiger partial charge in [0.1, 0.15) is 0 Å². The normalized spacial score (nSPS) is 16.4. The highest BCUT2D eigenvalue weighted by atomic mass is 32.2. The molecule has 0 saturated carbocycles. The number of benzene rings is 4. The molecule has 0 N–H and O–H groups in total. The molecule has 32 heavy (non-hydrogen) atoms. The Balaban J connectivity index is 1.61. The fourth-order valence-electron chi connectivity index (χ4n) is 3.72. The van der Waals surface area contributed by atoms with Crippen LogP contribution in [0.25, 0.3) is 16.8 Å². The number of aryl methyl sites for hydroxylation is 2. The van der Waals surface area contributed by atoms with Crippen LogP contribution < -0.4 is 4.90 Å². The van der Waals surface area contributed by atoms with E-state index in [4.69, 9.17) is 4.99 Å². The number of thioether (sulfide) groups is 1. The third kappa shape index (κ3) is 3.97. The van der Waals surface area contributed by atoms with Gasteiger partial charge in [-0.3, -0.25) is 9.69 Å². The Kier molecular flexibility index (Phi) is 5.38. The number of nitrogens with zero attached hydrogens (tertiary/aromatic N) is 2. The summed E-state index contributed by atoms with van der Waals surface area (Å²) in [5.74, 6) is -0.0577. The van der Waals surface area contributed by atoms with Crippen molar-refractivity contribution in [3.63, 3.8) is 0 Å². The van der Waals surface area contributed by atoms with Gasteiger partial charge in [0.15, 0.2) is 5.17 Å². The van der Waals surface area contributed by atoms with Crippen LogP contribution in [0.15, 0.2) is 101 Å². The molecule has 4 aromatic rings. The standard InChI is InChI=1S/C28H22N2OS/c1-19-10-14-23(15-11-19)29-28-30(24-16-12-20(2)13-17-24)27(31)26(32-28)18-22-8-5-7-21-6-3-4-9-25(21)22/h3-18H,1-2H3/b26-18-,29-28?. The first kappa shape index (κ1) is 20.3. The van der Waals surface area contributed by atoms with Crippen molar-refractivity contribution < 1.29 is 4.79 Å². The number of amides is 1. The molecule has 0 unspecified atom stereocenters. The van der Waals surface area contributed by atoms with Crippen molar-refractivity contribution in [3.8, 4) is 0 Å². The number of aliphatic imine (C=N–C) groups is 1. The minimum absolute atomic E-state index is 0.0577. The van der Waals surface area contributed by atoms with Crippen LogP contribution in [0.5, 0.6) is 0 Å². The highest BCUT2D eigenvalue weighted by Crippen LogP contribution is 2.38. The van der Waals surface area contributed by atoms with E-state index in [0.717, 1.165) is 33.3 Å². The number of rotatable bonds is 3. The van der Waals surface area contributed by atoms with E-state index in [1.54, 1.807) is 4.90 Å². The molecule has 0 spiro atoms. The van der Waals surface area contributed by atoms with Crippen LogP contribution in [-0.2, 0) is 4.79 Å². The minimum atomic E-state index is -0.0577. The molecule has 1 amide bonds. The zero-order valence-electron chi connectivity index (χ0n) is 17.9. The van der Waals surface area contributed by atoms with Crippen LogP contribution >= 0.6 is 11.8 Å². The molecular formula is C28H22N2OS. The predicted molar refractivity (Wildman–Crippen MR) is 136 cm³/mol. The maximum atomic E-state index is 13.5. The van der Waals surface area contributed by atoms with Gasteiger partial charge in [-0.05, 0) is 72.3 Å². The van der Waals surface area contributed by atoms with Crippen LogP contribution in [0.4, 0.5) is 11.4 Å². The predicted octanol–water partition coefficient (Wildman–Crippen LogP) is 7.27. The van der Waals surface area contributed by atoms with Crippen molar-refractivity contribution in [3.05, 3.63) is 113 Å². The maximum Gasteiger partial charge on any atom is 0.271 e. The largest absolute Gasteiger partial charge is 0.271 e. The Morgan fingerprint density at radius 3 is 2.19 bits per heavy atom. The third-order valence-electron chi connectivity index (χ3n) is 5.47. The first-order chi connectivity index (χ1) is 15.6. The molecule has 4 aromatic carbocycles. The van der Waals surface area contributed by atoms with Gasteiger partial charge < -0.3 is 0 Å². The summed E-state index contributed by atoms with van der Waals surface area (Å²) in [5.41, 5.74) is 5.00. The van der Waals surface area contributed by atoms with E-state index in [2.05, 4.69) is 24.3 Å². The van der Waals surface area contributed by atoms with Gasteiger partial charge in [-0.2, -0.15) is 0 Å². The maximum absolute atomic E-state index is 13.5. The van der Waals surface area contributed by atoms with Crippen LogP contribution in [0, 0.1) is 13.8 Å². The highest BCUT2D eigenvalue weighted by molar-refractivity contribution is 8.19. The van der Waals surface area contributed by atoms with Gasteiger partial charge in [0, 0.05) is 0 Å². The first-order valence-electron chi connectivity index (χ1n) is 10.5. The fraction of sp³-hybridized carbons (Fsp3) is 0.0714. The zero-order valence-corrected chi connectivity index (χ0v) is 18.8. The molecule has 0 aromatic heterocycles.